The maximum Gasteiger partial charge on any atom is 0.435 e. The Labute approximate surface area is 111 Å². The van der Waals surface area contributed by atoms with Gasteiger partial charge in [-0.2, -0.15) is 18.3 Å². The lowest BCUT2D eigenvalue weighted by atomic mass is 10.2. The predicted octanol–water partition coefficient (Wildman–Crippen LogP) is 4.19. The predicted molar refractivity (Wildman–Crippen MR) is 66.8 cm³/mol. The summed E-state index contributed by atoms with van der Waals surface area (Å²) in [5.41, 5.74) is -0.696. The van der Waals surface area contributed by atoms with Crippen molar-refractivity contribution >= 4 is 0 Å². The normalized spacial score (nSPS) is 16.3. The summed E-state index contributed by atoms with van der Waals surface area (Å²) < 4.78 is 44.5. The minimum atomic E-state index is -4.41. The number of rotatable bonds is 3. The van der Waals surface area contributed by atoms with Crippen molar-refractivity contribution in [3.63, 3.8) is 0 Å². The molecule has 6 heteroatoms. The van der Waals surface area contributed by atoms with Gasteiger partial charge in [0.2, 0.25) is 0 Å². The number of halogens is 3. The molecule has 0 atom stereocenters. The van der Waals surface area contributed by atoms with E-state index in [1.165, 1.54) is 18.0 Å². The van der Waals surface area contributed by atoms with Crippen molar-refractivity contribution in [2.45, 2.75) is 58.4 Å². The van der Waals surface area contributed by atoms with Crippen molar-refractivity contribution in [3.05, 3.63) is 17.5 Å². The topological polar surface area (TPSA) is 27.1 Å². The zero-order valence-electron chi connectivity index (χ0n) is 11.6. The standard InChI is InChI=1S/C11H15F3N2O.C2H6/c1-17-7-8-6-16(9-4-2-3-5-9)15-10(8)11(12,13)14;1-2/h6,9H,2-5,7H2,1H3;1-2H3. The molecule has 0 N–H and O–H groups in total. The molecule has 110 valence electrons. The van der Waals surface area contributed by atoms with E-state index in [9.17, 15) is 13.2 Å². The van der Waals surface area contributed by atoms with Crippen LogP contribution >= 0.6 is 0 Å². The van der Waals surface area contributed by atoms with E-state index in [1.807, 2.05) is 13.8 Å². The summed E-state index contributed by atoms with van der Waals surface area (Å²) in [5, 5.41) is 3.69. The van der Waals surface area contributed by atoms with Crippen LogP contribution < -0.4 is 0 Å². The van der Waals surface area contributed by atoms with Crippen LogP contribution in [-0.2, 0) is 17.5 Å². The number of hydrogen-bond acceptors (Lipinski definition) is 2. The lowest BCUT2D eigenvalue weighted by Gasteiger charge is -2.09. The molecule has 19 heavy (non-hydrogen) atoms. The molecule has 0 spiro atoms. The Morgan fingerprint density at radius 3 is 2.37 bits per heavy atom. The summed E-state index contributed by atoms with van der Waals surface area (Å²) in [4.78, 5) is 0. The van der Waals surface area contributed by atoms with Gasteiger partial charge >= 0.3 is 6.18 Å². The van der Waals surface area contributed by atoms with E-state index >= 15 is 0 Å². The molecule has 3 nitrogen and oxygen atoms in total. The zero-order valence-corrected chi connectivity index (χ0v) is 11.6. The Hall–Kier alpha value is -1.04. The number of aromatic nitrogens is 2. The van der Waals surface area contributed by atoms with E-state index in [0.29, 0.717) is 0 Å². The van der Waals surface area contributed by atoms with E-state index in [1.54, 1.807) is 0 Å². The SMILES string of the molecule is CC.COCc1cn(C2CCCC2)nc1C(F)(F)F. The van der Waals surface area contributed by atoms with Crippen LogP contribution in [-0.4, -0.2) is 16.9 Å². The van der Waals surface area contributed by atoms with Crippen molar-refractivity contribution < 1.29 is 17.9 Å². The van der Waals surface area contributed by atoms with E-state index < -0.39 is 11.9 Å². The van der Waals surface area contributed by atoms with Gasteiger partial charge in [0.05, 0.1) is 12.6 Å². The molecule has 1 heterocycles. The molecule has 0 amide bonds. The van der Waals surface area contributed by atoms with Gasteiger partial charge in [-0.15, -0.1) is 0 Å². The third-order valence-corrected chi connectivity index (χ3v) is 3.07. The molecule has 0 unspecified atom stereocenters. The van der Waals surface area contributed by atoms with Crippen molar-refractivity contribution in [1.29, 1.82) is 0 Å². The van der Waals surface area contributed by atoms with Crippen LogP contribution in [0.4, 0.5) is 13.2 Å². The molecule has 0 aliphatic heterocycles. The first-order chi connectivity index (χ1) is 9.02. The molecule has 1 aliphatic carbocycles. The molecular formula is C13H21F3N2O. The maximum atomic E-state index is 12.7. The van der Waals surface area contributed by atoms with Crippen molar-refractivity contribution in [3.8, 4) is 0 Å². The van der Waals surface area contributed by atoms with Crippen LogP contribution in [0.1, 0.15) is 56.8 Å². The highest BCUT2D eigenvalue weighted by molar-refractivity contribution is 5.19. The maximum absolute atomic E-state index is 12.7. The Balaban J connectivity index is 0.000000861. The average molecular weight is 278 g/mol. The fraction of sp³-hybridized carbons (Fsp3) is 0.769. The quantitative estimate of drug-likeness (QED) is 0.829. The number of methoxy groups -OCH3 is 1. The summed E-state index contributed by atoms with van der Waals surface area (Å²) >= 11 is 0. The smallest absolute Gasteiger partial charge is 0.380 e. The van der Waals surface area contributed by atoms with E-state index in [-0.39, 0.29) is 18.2 Å². The molecule has 1 saturated carbocycles. The number of ether oxygens (including phenoxy) is 1. The van der Waals surface area contributed by atoms with Gasteiger partial charge in [-0.05, 0) is 12.8 Å². The summed E-state index contributed by atoms with van der Waals surface area (Å²) in [6, 6.07) is 0.113. The van der Waals surface area contributed by atoms with E-state index in [0.717, 1.165) is 25.7 Å². The Kier molecular flexibility index (Phi) is 5.85. The minimum absolute atomic E-state index is 0.0540. The van der Waals surface area contributed by atoms with Crippen molar-refractivity contribution in [1.82, 2.24) is 9.78 Å². The zero-order chi connectivity index (χ0) is 14.5. The van der Waals surface area contributed by atoms with Gasteiger partial charge in [0.25, 0.3) is 0 Å². The van der Waals surface area contributed by atoms with Crippen LogP contribution in [0, 0.1) is 0 Å². The van der Waals surface area contributed by atoms with E-state index in [4.69, 9.17) is 4.74 Å². The van der Waals surface area contributed by atoms with Gasteiger partial charge in [0.1, 0.15) is 0 Å². The molecule has 1 aromatic rings. The van der Waals surface area contributed by atoms with Gasteiger partial charge in [-0.3, -0.25) is 4.68 Å². The molecule has 1 aliphatic rings. The van der Waals surface area contributed by atoms with Crippen LogP contribution in [0.5, 0.6) is 0 Å². The summed E-state index contributed by atoms with van der Waals surface area (Å²) in [5.74, 6) is 0. The van der Waals surface area contributed by atoms with Gasteiger partial charge in [0, 0.05) is 18.9 Å². The third kappa shape index (κ3) is 3.96. The first-order valence-corrected chi connectivity index (χ1v) is 6.66. The van der Waals surface area contributed by atoms with E-state index in [2.05, 4.69) is 5.10 Å². The second-order valence-corrected chi connectivity index (χ2v) is 4.35. The highest BCUT2D eigenvalue weighted by atomic mass is 19.4. The Morgan fingerprint density at radius 2 is 1.89 bits per heavy atom. The molecule has 0 saturated heterocycles. The molecule has 2 rings (SSSR count). The number of alkyl halides is 3. The lowest BCUT2D eigenvalue weighted by molar-refractivity contribution is -0.142. The van der Waals surface area contributed by atoms with Gasteiger partial charge < -0.3 is 4.74 Å². The van der Waals surface area contributed by atoms with Crippen LogP contribution in [0.25, 0.3) is 0 Å². The Bertz CT molecular complexity index is 382. The van der Waals surface area contributed by atoms with Gasteiger partial charge in [0.15, 0.2) is 5.69 Å². The molecule has 1 fully saturated rings. The number of nitrogens with zero attached hydrogens (tertiary/aromatic N) is 2. The average Bonchev–Trinajstić information content (AvgIpc) is 2.98. The second kappa shape index (κ2) is 6.93. The minimum Gasteiger partial charge on any atom is -0.380 e. The summed E-state index contributed by atoms with van der Waals surface area (Å²) in [6.07, 6.45) is 1.01. The fourth-order valence-electron chi connectivity index (χ4n) is 2.29. The summed E-state index contributed by atoms with van der Waals surface area (Å²) in [6.45, 7) is 3.95. The summed E-state index contributed by atoms with van der Waals surface area (Å²) in [7, 11) is 1.38. The molecule has 0 radical (unpaired) electrons. The second-order valence-electron chi connectivity index (χ2n) is 4.35. The monoisotopic (exact) mass is 278 g/mol. The lowest BCUT2D eigenvalue weighted by Crippen LogP contribution is -2.11. The first kappa shape index (κ1) is 16.0. The molecule has 0 bridgehead atoms. The largest absolute Gasteiger partial charge is 0.435 e. The third-order valence-electron chi connectivity index (χ3n) is 3.07. The highest BCUT2D eigenvalue weighted by Gasteiger charge is 2.37. The van der Waals surface area contributed by atoms with Crippen LogP contribution in [0.15, 0.2) is 6.20 Å². The van der Waals surface area contributed by atoms with Gasteiger partial charge in [-0.1, -0.05) is 26.7 Å². The molecule has 1 aromatic heterocycles. The Morgan fingerprint density at radius 1 is 1.32 bits per heavy atom. The van der Waals surface area contributed by atoms with Crippen molar-refractivity contribution in [2.24, 2.45) is 0 Å². The molecular weight excluding hydrogens is 257 g/mol. The van der Waals surface area contributed by atoms with Crippen molar-refractivity contribution in [2.75, 3.05) is 7.11 Å². The molecule has 0 aromatic carbocycles. The highest BCUT2D eigenvalue weighted by Crippen LogP contribution is 2.34. The van der Waals surface area contributed by atoms with Crippen LogP contribution in [0.2, 0.25) is 0 Å². The van der Waals surface area contributed by atoms with Crippen LogP contribution in [0.3, 0.4) is 0 Å². The fourth-order valence-corrected chi connectivity index (χ4v) is 2.29. The first-order valence-electron chi connectivity index (χ1n) is 6.66. The number of hydrogen-bond donors (Lipinski definition) is 0. The van der Waals surface area contributed by atoms with Gasteiger partial charge in [-0.25, -0.2) is 0 Å².